The van der Waals surface area contributed by atoms with Crippen molar-refractivity contribution in [1.82, 2.24) is 10.2 Å². The Balaban J connectivity index is 1.47. The summed E-state index contributed by atoms with van der Waals surface area (Å²) in [5, 5.41) is 5.36. The van der Waals surface area contributed by atoms with E-state index < -0.39 is 35.7 Å². The fourth-order valence-electron chi connectivity index (χ4n) is 3.81. The zero-order valence-corrected chi connectivity index (χ0v) is 15.4. The maximum absolute atomic E-state index is 13.2. The van der Waals surface area contributed by atoms with Crippen molar-refractivity contribution in [2.75, 3.05) is 11.9 Å². The number of imide groups is 1. The van der Waals surface area contributed by atoms with Crippen LogP contribution in [0, 0.1) is 5.82 Å². The van der Waals surface area contributed by atoms with Crippen molar-refractivity contribution in [2.45, 2.75) is 31.7 Å². The molecule has 0 saturated carbocycles. The molecule has 0 aromatic heterocycles. The number of carbonyl (C=O) groups is 3. The molecule has 2 aliphatic rings. The number of aryl methyl sites for hydroxylation is 2. The minimum Gasteiger partial charge on any atom is -0.325 e. The normalized spacial score (nSPS) is 20.9. The Bertz CT molecular complexity index is 973. The summed E-state index contributed by atoms with van der Waals surface area (Å²) in [6, 6.07) is 10.5. The standard InChI is InChI=1S/C21H20FN3O3/c1-21(15-6-8-16(22)9-7-15)19(27)25(20(28)24-21)12-18(26)23-17-10-5-13-3-2-4-14(13)11-17/h5-11H,2-4,12H2,1H3,(H,23,26)(H,24,28). The predicted molar refractivity (Wildman–Crippen MR) is 101 cm³/mol. The maximum Gasteiger partial charge on any atom is 0.325 e. The molecule has 2 N–H and O–H groups in total. The van der Waals surface area contributed by atoms with E-state index in [-0.39, 0.29) is 0 Å². The summed E-state index contributed by atoms with van der Waals surface area (Å²) < 4.78 is 13.2. The smallest absolute Gasteiger partial charge is 0.325 e. The van der Waals surface area contributed by atoms with Gasteiger partial charge in [0.1, 0.15) is 17.9 Å². The van der Waals surface area contributed by atoms with Gasteiger partial charge in [-0.2, -0.15) is 0 Å². The highest BCUT2D eigenvalue weighted by Gasteiger charge is 2.49. The largest absolute Gasteiger partial charge is 0.325 e. The van der Waals surface area contributed by atoms with Gasteiger partial charge in [-0.05, 0) is 67.1 Å². The minimum atomic E-state index is -1.33. The first-order valence-corrected chi connectivity index (χ1v) is 9.18. The number of hydrogen-bond acceptors (Lipinski definition) is 3. The highest BCUT2D eigenvalue weighted by molar-refractivity contribution is 6.10. The molecular weight excluding hydrogens is 361 g/mol. The van der Waals surface area contributed by atoms with Gasteiger partial charge in [0.15, 0.2) is 0 Å². The van der Waals surface area contributed by atoms with Crippen molar-refractivity contribution in [2.24, 2.45) is 0 Å². The summed E-state index contributed by atoms with van der Waals surface area (Å²) in [6.07, 6.45) is 3.15. The van der Waals surface area contributed by atoms with Gasteiger partial charge in [0.2, 0.25) is 5.91 Å². The van der Waals surface area contributed by atoms with E-state index in [0.29, 0.717) is 11.3 Å². The number of fused-ring (bicyclic) bond motifs is 1. The number of rotatable bonds is 4. The Hall–Kier alpha value is -3.22. The summed E-state index contributed by atoms with van der Waals surface area (Å²) in [4.78, 5) is 38.5. The van der Waals surface area contributed by atoms with E-state index in [0.717, 1.165) is 24.2 Å². The molecule has 1 saturated heterocycles. The average molecular weight is 381 g/mol. The first-order valence-electron chi connectivity index (χ1n) is 9.18. The second kappa shape index (κ2) is 6.74. The summed E-state index contributed by atoms with van der Waals surface area (Å²) >= 11 is 0. The number of benzene rings is 2. The molecule has 1 heterocycles. The van der Waals surface area contributed by atoms with Crippen molar-refractivity contribution >= 4 is 23.5 Å². The average Bonchev–Trinajstić information content (AvgIpc) is 3.21. The predicted octanol–water partition coefficient (Wildman–Crippen LogP) is 2.72. The Labute approximate surface area is 161 Å². The lowest BCUT2D eigenvalue weighted by Gasteiger charge is -2.22. The van der Waals surface area contributed by atoms with Gasteiger partial charge in [-0.3, -0.25) is 14.5 Å². The number of nitrogens with zero attached hydrogens (tertiary/aromatic N) is 1. The molecule has 1 aliphatic carbocycles. The molecule has 28 heavy (non-hydrogen) atoms. The second-order valence-corrected chi connectivity index (χ2v) is 7.34. The Morgan fingerprint density at radius 1 is 1.14 bits per heavy atom. The Kier molecular flexibility index (Phi) is 4.37. The summed E-state index contributed by atoms with van der Waals surface area (Å²) in [7, 11) is 0. The van der Waals surface area contributed by atoms with Crippen LogP contribution >= 0.6 is 0 Å². The summed E-state index contributed by atoms with van der Waals surface area (Å²) in [5.74, 6) is -1.44. The highest BCUT2D eigenvalue weighted by Crippen LogP contribution is 2.29. The van der Waals surface area contributed by atoms with Crippen molar-refractivity contribution < 1.29 is 18.8 Å². The van der Waals surface area contributed by atoms with Crippen LogP contribution in [0.3, 0.4) is 0 Å². The first kappa shape index (κ1) is 18.2. The van der Waals surface area contributed by atoms with Gasteiger partial charge in [0.25, 0.3) is 5.91 Å². The molecule has 4 rings (SSSR count). The van der Waals surface area contributed by atoms with Crippen LogP contribution < -0.4 is 10.6 Å². The van der Waals surface area contributed by atoms with E-state index in [1.54, 1.807) is 6.92 Å². The lowest BCUT2D eigenvalue weighted by atomic mass is 9.92. The van der Waals surface area contributed by atoms with Gasteiger partial charge < -0.3 is 10.6 Å². The third-order valence-corrected chi connectivity index (χ3v) is 5.38. The molecular formula is C21H20FN3O3. The van der Waals surface area contributed by atoms with Crippen LogP contribution in [0.4, 0.5) is 14.9 Å². The van der Waals surface area contributed by atoms with Crippen LogP contribution in [-0.4, -0.2) is 29.3 Å². The van der Waals surface area contributed by atoms with Crippen molar-refractivity contribution in [3.8, 4) is 0 Å². The topological polar surface area (TPSA) is 78.5 Å². The van der Waals surface area contributed by atoms with Crippen LogP contribution in [0.5, 0.6) is 0 Å². The van der Waals surface area contributed by atoms with Crippen molar-refractivity contribution in [3.05, 3.63) is 65.0 Å². The van der Waals surface area contributed by atoms with Crippen LogP contribution in [0.15, 0.2) is 42.5 Å². The van der Waals surface area contributed by atoms with E-state index in [4.69, 9.17) is 0 Å². The number of carbonyl (C=O) groups excluding carboxylic acids is 3. The maximum atomic E-state index is 13.2. The molecule has 0 spiro atoms. The molecule has 1 fully saturated rings. The van der Waals surface area contributed by atoms with E-state index in [9.17, 15) is 18.8 Å². The fraction of sp³-hybridized carbons (Fsp3) is 0.286. The van der Waals surface area contributed by atoms with E-state index in [2.05, 4.69) is 10.6 Å². The number of urea groups is 1. The molecule has 1 aliphatic heterocycles. The lowest BCUT2D eigenvalue weighted by molar-refractivity contribution is -0.133. The number of nitrogens with one attached hydrogen (secondary N) is 2. The van der Waals surface area contributed by atoms with Gasteiger partial charge in [-0.25, -0.2) is 9.18 Å². The minimum absolute atomic E-state index is 0.390. The van der Waals surface area contributed by atoms with Gasteiger partial charge in [0, 0.05) is 5.69 Å². The van der Waals surface area contributed by atoms with E-state index >= 15 is 0 Å². The quantitative estimate of drug-likeness (QED) is 0.800. The van der Waals surface area contributed by atoms with Gasteiger partial charge in [0.05, 0.1) is 0 Å². The molecule has 0 radical (unpaired) electrons. The van der Waals surface area contributed by atoms with E-state index in [1.165, 1.54) is 35.4 Å². The van der Waals surface area contributed by atoms with Crippen molar-refractivity contribution in [3.63, 3.8) is 0 Å². The molecule has 1 unspecified atom stereocenters. The highest BCUT2D eigenvalue weighted by atomic mass is 19.1. The second-order valence-electron chi connectivity index (χ2n) is 7.34. The molecule has 1 atom stereocenters. The van der Waals surface area contributed by atoms with Crippen LogP contribution in [0.1, 0.15) is 30.0 Å². The molecule has 0 bridgehead atoms. The number of amides is 4. The zero-order chi connectivity index (χ0) is 19.9. The number of hydrogen-bond donors (Lipinski definition) is 2. The van der Waals surface area contributed by atoms with Gasteiger partial charge in [-0.1, -0.05) is 18.2 Å². The molecule has 2 aromatic rings. The first-order chi connectivity index (χ1) is 13.4. The molecule has 6 nitrogen and oxygen atoms in total. The van der Waals surface area contributed by atoms with Crippen molar-refractivity contribution in [1.29, 1.82) is 0 Å². The number of anilines is 1. The Morgan fingerprint density at radius 3 is 2.61 bits per heavy atom. The van der Waals surface area contributed by atoms with Crippen LogP contribution in [0.2, 0.25) is 0 Å². The number of halogens is 1. The fourth-order valence-corrected chi connectivity index (χ4v) is 3.81. The van der Waals surface area contributed by atoms with Gasteiger partial charge in [-0.15, -0.1) is 0 Å². The van der Waals surface area contributed by atoms with Gasteiger partial charge >= 0.3 is 6.03 Å². The van der Waals surface area contributed by atoms with Crippen LogP contribution in [-0.2, 0) is 28.0 Å². The summed E-state index contributed by atoms with van der Waals surface area (Å²) in [5.41, 5.74) is 2.28. The molecule has 144 valence electrons. The lowest BCUT2D eigenvalue weighted by Crippen LogP contribution is -2.42. The molecule has 4 amide bonds. The van der Waals surface area contributed by atoms with Crippen LogP contribution in [0.25, 0.3) is 0 Å². The SMILES string of the molecule is CC1(c2ccc(F)cc2)NC(=O)N(CC(=O)Nc2ccc3c(c2)CCC3)C1=O. The monoisotopic (exact) mass is 381 g/mol. The van der Waals surface area contributed by atoms with E-state index in [1.807, 2.05) is 18.2 Å². The molecule has 2 aromatic carbocycles. The molecule has 7 heteroatoms. The third-order valence-electron chi connectivity index (χ3n) is 5.38. The summed E-state index contributed by atoms with van der Waals surface area (Å²) in [6.45, 7) is 1.15. The third kappa shape index (κ3) is 3.13. The zero-order valence-electron chi connectivity index (χ0n) is 15.4. The Morgan fingerprint density at radius 2 is 1.86 bits per heavy atom.